The first-order valence-corrected chi connectivity index (χ1v) is 14.1. The number of pyridine rings is 2. The van der Waals surface area contributed by atoms with Crippen LogP contribution in [0.1, 0.15) is 37.7 Å². The van der Waals surface area contributed by atoms with Crippen molar-refractivity contribution in [1.82, 2.24) is 14.9 Å². The van der Waals surface area contributed by atoms with E-state index in [1.165, 1.54) is 24.3 Å². The lowest BCUT2D eigenvalue weighted by Gasteiger charge is -2.28. The molecule has 0 unspecified atom stereocenters. The highest BCUT2D eigenvalue weighted by Crippen LogP contribution is 2.34. The molecule has 0 fully saturated rings. The van der Waals surface area contributed by atoms with Gasteiger partial charge >= 0.3 is 18.4 Å². The molecule has 0 aliphatic carbocycles. The molecule has 2 aromatic heterocycles. The largest absolute Gasteiger partial charge is 0.447 e. The predicted octanol–water partition coefficient (Wildman–Crippen LogP) is 7.82. The van der Waals surface area contributed by atoms with Crippen LogP contribution < -0.4 is 10.2 Å². The van der Waals surface area contributed by atoms with Crippen LogP contribution in [0, 0.1) is 0 Å². The van der Waals surface area contributed by atoms with Crippen molar-refractivity contribution in [3.8, 4) is 0 Å². The summed E-state index contributed by atoms with van der Waals surface area (Å²) < 4.78 is 51.1. The topological polar surface area (TPSA) is 96.9 Å². The Kier molecular flexibility index (Phi) is 10.7. The number of carbonyl (C=O) groups is 2. The van der Waals surface area contributed by atoms with Crippen molar-refractivity contribution in [2.45, 2.75) is 45.6 Å². The maximum Gasteiger partial charge on any atom is 0.424 e. The summed E-state index contributed by atoms with van der Waals surface area (Å²) in [6.45, 7) is 6.03. The normalized spacial score (nSPS) is 11.6. The molecule has 2 aromatic carbocycles. The van der Waals surface area contributed by atoms with Crippen molar-refractivity contribution < 1.29 is 32.2 Å². The van der Waals surface area contributed by atoms with Gasteiger partial charge in [-0.15, -0.1) is 0 Å². The first-order valence-electron chi connectivity index (χ1n) is 14.1. The maximum atomic E-state index is 13.5. The summed E-state index contributed by atoms with van der Waals surface area (Å²) in [5.41, 5.74) is 0.138. The lowest BCUT2D eigenvalue weighted by atomic mass is 10.1. The number of imide groups is 1. The van der Waals surface area contributed by atoms with E-state index in [4.69, 9.17) is 9.47 Å². The highest BCUT2D eigenvalue weighted by atomic mass is 19.4. The summed E-state index contributed by atoms with van der Waals surface area (Å²) in [4.78, 5) is 38.4. The first-order chi connectivity index (χ1) is 21.4. The van der Waals surface area contributed by atoms with E-state index in [-0.39, 0.29) is 30.2 Å². The van der Waals surface area contributed by atoms with Gasteiger partial charge in [0.2, 0.25) is 0 Å². The van der Waals surface area contributed by atoms with Gasteiger partial charge in [-0.05, 0) is 75.4 Å². The highest BCUT2D eigenvalue weighted by Gasteiger charge is 2.33. The molecule has 9 nitrogen and oxygen atoms in total. The van der Waals surface area contributed by atoms with E-state index >= 15 is 0 Å². The number of carbonyl (C=O) groups excluding carboxylic acids is 2. The Balaban J connectivity index is 1.55. The van der Waals surface area contributed by atoms with Crippen LogP contribution in [0.4, 0.5) is 39.8 Å². The molecule has 0 bridgehead atoms. The molecule has 45 heavy (non-hydrogen) atoms. The van der Waals surface area contributed by atoms with Gasteiger partial charge in [0.1, 0.15) is 12.2 Å². The molecule has 4 rings (SSSR count). The Hall–Kier alpha value is -4.97. The lowest BCUT2D eigenvalue weighted by molar-refractivity contribution is -0.137. The number of ether oxygens (including phenoxy) is 2. The second-order valence-corrected chi connectivity index (χ2v) is 11.0. The number of para-hydroxylation sites is 2. The third-order valence-corrected chi connectivity index (χ3v) is 6.23. The Labute approximate surface area is 259 Å². The van der Waals surface area contributed by atoms with Crippen LogP contribution in [0.25, 0.3) is 0 Å². The number of hydrogen-bond donors (Lipinski definition) is 1. The minimum Gasteiger partial charge on any atom is -0.447 e. The molecule has 0 spiro atoms. The summed E-state index contributed by atoms with van der Waals surface area (Å²) >= 11 is 0. The van der Waals surface area contributed by atoms with E-state index in [0.717, 1.165) is 28.4 Å². The Morgan fingerprint density at radius 1 is 0.800 bits per heavy atom. The number of amides is 2. The molecule has 2 amide bonds. The fourth-order valence-electron chi connectivity index (χ4n) is 4.26. The van der Waals surface area contributed by atoms with Crippen molar-refractivity contribution in [2.75, 3.05) is 23.4 Å². The molecule has 0 aliphatic rings. The van der Waals surface area contributed by atoms with Crippen molar-refractivity contribution in [1.29, 1.82) is 0 Å². The van der Waals surface area contributed by atoms with Gasteiger partial charge in [-0.25, -0.2) is 9.59 Å². The number of halogens is 3. The van der Waals surface area contributed by atoms with Gasteiger partial charge in [0, 0.05) is 37.7 Å². The van der Waals surface area contributed by atoms with Crippen molar-refractivity contribution in [3.05, 3.63) is 114 Å². The molecule has 0 radical (unpaired) electrons. The molecule has 0 saturated heterocycles. The number of nitrogens with one attached hydrogen (secondary N) is 1. The summed E-state index contributed by atoms with van der Waals surface area (Å²) in [7, 11) is 0. The van der Waals surface area contributed by atoms with Crippen LogP contribution in [0.3, 0.4) is 0 Å². The maximum absolute atomic E-state index is 13.5. The van der Waals surface area contributed by atoms with E-state index in [1.54, 1.807) is 45.3 Å². The summed E-state index contributed by atoms with van der Waals surface area (Å²) in [6.07, 6.45) is -3.19. The van der Waals surface area contributed by atoms with E-state index in [2.05, 4.69) is 15.3 Å². The zero-order valence-corrected chi connectivity index (χ0v) is 25.1. The van der Waals surface area contributed by atoms with Gasteiger partial charge in [-0.3, -0.25) is 14.9 Å². The predicted molar refractivity (Wildman–Crippen MR) is 164 cm³/mol. The summed E-state index contributed by atoms with van der Waals surface area (Å²) in [6, 6.07) is 22.0. The van der Waals surface area contributed by atoms with Gasteiger partial charge in [0.05, 0.1) is 28.3 Å². The Morgan fingerprint density at radius 2 is 1.42 bits per heavy atom. The van der Waals surface area contributed by atoms with Crippen molar-refractivity contribution in [3.63, 3.8) is 0 Å². The lowest BCUT2D eigenvalue weighted by Crippen LogP contribution is -2.42. The minimum absolute atomic E-state index is 0.0352. The Morgan fingerprint density at radius 3 is 2.00 bits per heavy atom. The number of aromatic nitrogens is 2. The number of nitrogens with zero attached hydrogens (tertiary/aromatic N) is 4. The zero-order chi connectivity index (χ0) is 32.5. The second-order valence-electron chi connectivity index (χ2n) is 11.0. The molecular weight excluding hydrogens is 587 g/mol. The number of benzene rings is 2. The molecule has 236 valence electrons. The fraction of sp³-hybridized carbons (Fsp3) is 0.273. The Bertz CT molecular complexity index is 1520. The van der Waals surface area contributed by atoms with Gasteiger partial charge in [-0.1, -0.05) is 30.3 Å². The number of rotatable bonds is 10. The number of hydrogen-bond acceptors (Lipinski definition) is 8. The smallest absolute Gasteiger partial charge is 0.424 e. The van der Waals surface area contributed by atoms with E-state index in [0.29, 0.717) is 13.1 Å². The van der Waals surface area contributed by atoms with Gasteiger partial charge in [0.15, 0.2) is 0 Å². The third kappa shape index (κ3) is 10.0. The monoisotopic (exact) mass is 621 g/mol. The zero-order valence-electron chi connectivity index (χ0n) is 25.1. The van der Waals surface area contributed by atoms with E-state index in [9.17, 15) is 22.8 Å². The van der Waals surface area contributed by atoms with E-state index in [1.807, 2.05) is 41.3 Å². The molecule has 4 aromatic rings. The molecular formula is C33H34F3N5O4. The standard InChI is InChI=1S/C33H34F3N5O4/c1-32(2,3)45-31(43)41(29-16-5-4-15-28(29)39-25-14-10-11-24(21-25)33(34,35)36)30(42)44-20-19-40(22-26-12-6-8-17-37-26)23-27-13-7-9-18-38-27/h4-18,21,39H,19-20,22-23H2,1-3H3. The summed E-state index contributed by atoms with van der Waals surface area (Å²) in [5, 5.41) is 2.89. The van der Waals surface area contributed by atoms with Crippen molar-refractivity contribution >= 4 is 29.2 Å². The fourth-order valence-corrected chi connectivity index (χ4v) is 4.26. The SMILES string of the molecule is CC(C)(C)OC(=O)N(C(=O)OCCN(Cc1ccccn1)Cc1ccccn1)c1ccccc1Nc1cccc(C(F)(F)F)c1. The first kappa shape index (κ1) is 32.9. The van der Waals surface area contributed by atoms with Gasteiger partial charge < -0.3 is 14.8 Å². The second kappa shape index (κ2) is 14.7. The average Bonchev–Trinajstić information content (AvgIpc) is 2.98. The highest BCUT2D eigenvalue weighted by molar-refractivity contribution is 6.11. The average molecular weight is 622 g/mol. The third-order valence-electron chi connectivity index (χ3n) is 6.23. The van der Waals surface area contributed by atoms with Gasteiger partial charge in [0.25, 0.3) is 0 Å². The van der Waals surface area contributed by atoms with Crippen LogP contribution in [0.15, 0.2) is 97.3 Å². The molecule has 0 aliphatic heterocycles. The molecule has 12 heteroatoms. The van der Waals surface area contributed by atoms with Crippen LogP contribution >= 0.6 is 0 Å². The molecule has 2 heterocycles. The van der Waals surface area contributed by atoms with Crippen LogP contribution in [-0.4, -0.2) is 45.8 Å². The van der Waals surface area contributed by atoms with Crippen LogP contribution in [-0.2, 0) is 28.7 Å². The van der Waals surface area contributed by atoms with Crippen molar-refractivity contribution in [2.24, 2.45) is 0 Å². The van der Waals surface area contributed by atoms with Crippen LogP contribution in [0.5, 0.6) is 0 Å². The molecule has 1 N–H and O–H groups in total. The summed E-state index contributed by atoms with van der Waals surface area (Å²) in [5.74, 6) is 0. The quantitative estimate of drug-likeness (QED) is 0.192. The number of anilines is 3. The van der Waals surface area contributed by atoms with Crippen LogP contribution in [0.2, 0.25) is 0 Å². The van der Waals surface area contributed by atoms with Gasteiger partial charge in [-0.2, -0.15) is 18.1 Å². The van der Waals surface area contributed by atoms with E-state index < -0.39 is 29.5 Å². The molecule has 0 atom stereocenters. The molecule has 0 saturated carbocycles. The number of alkyl halides is 3. The minimum atomic E-state index is -4.55.